The molecule has 76 valence electrons. The quantitative estimate of drug-likeness (QED) is 0.740. The first-order chi connectivity index (χ1) is 7.31. The number of benzene rings is 1. The van der Waals surface area contributed by atoms with Gasteiger partial charge in [-0.25, -0.2) is 0 Å². The molecule has 1 N–H and O–H groups in total. The highest BCUT2D eigenvalue weighted by atomic mass is 16.2. The van der Waals surface area contributed by atoms with Gasteiger partial charge in [0.1, 0.15) is 6.04 Å². The number of hydrogen-bond donors (Lipinski definition) is 1. The van der Waals surface area contributed by atoms with Crippen molar-refractivity contribution >= 4 is 5.91 Å². The molecule has 0 radical (unpaired) electrons. The summed E-state index contributed by atoms with van der Waals surface area (Å²) < 4.78 is 0. The summed E-state index contributed by atoms with van der Waals surface area (Å²) in [5.41, 5.74) is 0.967. The van der Waals surface area contributed by atoms with Crippen molar-refractivity contribution < 1.29 is 4.79 Å². The highest BCUT2D eigenvalue weighted by Crippen LogP contribution is 2.29. The van der Waals surface area contributed by atoms with E-state index < -0.39 is 0 Å². The Morgan fingerprint density at radius 2 is 2.07 bits per heavy atom. The van der Waals surface area contributed by atoms with Crippen LogP contribution in [0.15, 0.2) is 30.3 Å². The van der Waals surface area contributed by atoms with E-state index >= 15 is 0 Å². The lowest BCUT2D eigenvalue weighted by Gasteiger charge is -2.12. The average molecular weight is 199 g/mol. The maximum absolute atomic E-state index is 11.5. The molecule has 1 amide bonds. The zero-order valence-corrected chi connectivity index (χ0v) is 8.44. The number of nitrogens with one attached hydrogen (secondary N) is 1. The molecule has 1 aliphatic carbocycles. The molecule has 1 aromatic rings. The highest BCUT2D eigenvalue weighted by molar-refractivity contribution is 5.81. The Labute approximate surface area is 89.7 Å². The van der Waals surface area contributed by atoms with Gasteiger partial charge in [-0.1, -0.05) is 36.3 Å². The smallest absolute Gasteiger partial charge is 0.224 e. The van der Waals surface area contributed by atoms with Crippen LogP contribution >= 0.6 is 0 Å². The van der Waals surface area contributed by atoms with Crippen molar-refractivity contribution in [2.24, 2.45) is 5.92 Å². The molecule has 0 aliphatic heterocycles. The van der Waals surface area contributed by atoms with Crippen LogP contribution in [0.3, 0.4) is 0 Å². The zero-order valence-electron chi connectivity index (χ0n) is 8.44. The van der Waals surface area contributed by atoms with Crippen LogP contribution in [0.25, 0.3) is 0 Å². The third-order valence-electron chi connectivity index (χ3n) is 2.53. The monoisotopic (exact) mass is 199 g/mol. The van der Waals surface area contributed by atoms with Gasteiger partial charge in [-0.15, -0.1) is 6.42 Å². The van der Waals surface area contributed by atoms with Crippen LogP contribution in [0.1, 0.15) is 24.4 Å². The van der Waals surface area contributed by atoms with Crippen molar-refractivity contribution in [1.29, 1.82) is 0 Å². The second-order valence-corrected chi connectivity index (χ2v) is 3.79. The van der Waals surface area contributed by atoms with Gasteiger partial charge in [0.05, 0.1) is 0 Å². The first-order valence-corrected chi connectivity index (χ1v) is 5.12. The molecule has 1 saturated carbocycles. The molecule has 0 saturated heterocycles. The van der Waals surface area contributed by atoms with Crippen LogP contribution in [-0.2, 0) is 4.79 Å². The predicted octanol–water partition coefficient (Wildman–Crippen LogP) is 1.89. The molecule has 0 bridgehead atoms. The molecule has 2 rings (SSSR count). The standard InChI is InChI=1S/C13H13NO/c1-2-12(10-6-4-3-5-7-10)14-13(15)11-8-9-11/h1,3-7,11-12H,8-9H2,(H,14,15)/t12-/m0/s1. The van der Waals surface area contributed by atoms with Gasteiger partial charge >= 0.3 is 0 Å². The Morgan fingerprint density at radius 3 is 2.60 bits per heavy atom. The Balaban J connectivity index is 2.05. The summed E-state index contributed by atoms with van der Waals surface area (Å²) in [5.74, 6) is 2.88. The SMILES string of the molecule is C#C[C@H](NC(=O)C1CC1)c1ccccc1. The minimum Gasteiger partial charge on any atom is -0.338 e. The van der Waals surface area contributed by atoms with Gasteiger partial charge in [-0.2, -0.15) is 0 Å². The molecule has 0 spiro atoms. The molecule has 2 nitrogen and oxygen atoms in total. The molecular weight excluding hydrogens is 186 g/mol. The third-order valence-corrected chi connectivity index (χ3v) is 2.53. The van der Waals surface area contributed by atoms with Crippen molar-refractivity contribution in [2.75, 3.05) is 0 Å². The van der Waals surface area contributed by atoms with Crippen LogP contribution in [-0.4, -0.2) is 5.91 Å². The van der Waals surface area contributed by atoms with E-state index in [9.17, 15) is 4.79 Å². The highest BCUT2D eigenvalue weighted by Gasteiger charge is 2.30. The summed E-state index contributed by atoms with van der Waals surface area (Å²) in [4.78, 5) is 11.5. The Bertz CT molecular complexity index is 387. The van der Waals surface area contributed by atoms with E-state index in [-0.39, 0.29) is 17.9 Å². The second kappa shape index (κ2) is 4.18. The molecule has 1 atom stereocenters. The summed E-state index contributed by atoms with van der Waals surface area (Å²) in [5, 5.41) is 2.87. The molecule has 1 aromatic carbocycles. The molecule has 1 aliphatic rings. The topological polar surface area (TPSA) is 29.1 Å². The maximum Gasteiger partial charge on any atom is 0.224 e. The maximum atomic E-state index is 11.5. The van der Waals surface area contributed by atoms with Crippen molar-refractivity contribution in [2.45, 2.75) is 18.9 Å². The Hall–Kier alpha value is -1.75. The Kier molecular flexibility index (Phi) is 2.73. The van der Waals surface area contributed by atoms with Crippen LogP contribution in [0, 0.1) is 18.3 Å². The fourth-order valence-corrected chi connectivity index (χ4v) is 1.47. The number of terminal acetylenes is 1. The van der Waals surface area contributed by atoms with Crippen molar-refractivity contribution in [3.63, 3.8) is 0 Å². The lowest BCUT2D eigenvalue weighted by molar-refractivity contribution is -0.122. The minimum absolute atomic E-state index is 0.0850. The van der Waals surface area contributed by atoms with Gasteiger partial charge in [0.2, 0.25) is 5.91 Å². The van der Waals surface area contributed by atoms with Gasteiger partial charge in [-0.3, -0.25) is 4.79 Å². The van der Waals surface area contributed by atoms with Crippen molar-refractivity contribution in [3.05, 3.63) is 35.9 Å². The molecule has 0 heterocycles. The van der Waals surface area contributed by atoms with Gasteiger partial charge in [0.15, 0.2) is 0 Å². The van der Waals surface area contributed by atoms with Crippen LogP contribution in [0.2, 0.25) is 0 Å². The average Bonchev–Trinajstić information content (AvgIpc) is 3.10. The molecule has 1 fully saturated rings. The second-order valence-electron chi connectivity index (χ2n) is 3.79. The lowest BCUT2D eigenvalue weighted by Crippen LogP contribution is -2.28. The number of amides is 1. The lowest BCUT2D eigenvalue weighted by atomic mass is 10.1. The normalized spacial score (nSPS) is 16.5. The first kappa shape index (κ1) is 9.79. The largest absolute Gasteiger partial charge is 0.338 e. The minimum atomic E-state index is -0.292. The van der Waals surface area contributed by atoms with Gasteiger partial charge < -0.3 is 5.32 Å². The first-order valence-electron chi connectivity index (χ1n) is 5.12. The number of carbonyl (C=O) groups excluding carboxylic acids is 1. The fraction of sp³-hybridized carbons (Fsp3) is 0.308. The van der Waals surface area contributed by atoms with Crippen molar-refractivity contribution in [1.82, 2.24) is 5.32 Å². The van der Waals surface area contributed by atoms with Gasteiger partial charge in [0, 0.05) is 5.92 Å². The van der Waals surface area contributed by atoms with Gasteiger partial charge in [0.25, 0.3) is 0 Å². The molecule has 0 unspecified atom stereocenters. The van der Waals surface area contributed by atoms with Gasteiger partial charge in [-0.05, 0) is 18.4 Å². The Morgan fingerprint density at radius 1 is 1.40 bits per heavy atom. The summed E-state index contributed by atoms with van der Waals surface area (Å²) in [7, 11) is 0. The number of carbonyl (C=O) groups is 1. The summed E-state index contributed by atoms with van der Waals surface area (Å²) in [6.07, 6.45) is 7.40. The van der Waals surface area contributed by atoms with E-state index in [4.69, 9.17) is 6.42 Å². The molecular formula is C13H13NO. The van der Waals surface area contributed by atoms with E-state index in [1.54, 1.807) is 0 Å². The van der Waals surface area contributed by atoms with E-state index in [2.05, 4.69) is 11.2 Å². The van der Waals surface area contributed by atoms with Crippen LogP contribution in [0.4, 0.5) is 0 Å². The predicted molar refractivity (Wildman–Crippen MR) is 58.9 cm³/mol. The summed E-state index contributed by atoms with van der Waals surface area (Å²) >= 11 is 0. The third kappa shape index (κ3) is 2.38. The fourth-order valence-electron chi connectivity index (χ4n) is 1.47. The molecule has 0 aromatic heterocycles. The zero-order chi connectivity index (χ0) is 10.7. The van der Waals surface area contributed by atoms with Crippen LogP contribution in [0.5, 0.6) is 0 Å². The number of hydrogen-bond acceptors (Lipinski definition) is 1. The summed E-state index contributed by atoms with van der Waals surface area (Å²) in [6.45, 7) is 0. The van der Waals surface area contributed by atoms with E-state index in [1.165, 1.54) is 0 Å². The van der Waals surface area contributed by atoms with E-state index in [1.807, 2.05) is 30.3 Å². The van der Waals surface area contributed by atoms with E-state index in [0.717, 1.165) is 18.4 Å². The molecule has 2 heteroatoms. The number of rotatable bonds is 3. The summed E-state index contributed by atoms with van der Waals surface area (Å²) in [6, 6.07) is 9.33. The molecule has 15 heavy (non-hydrogen) atoms. The van der Waals surface area contributed by atoms with E-state index in [0.29, 0.717) is 0 Å². The van der Waals surface area contributed by atoms with Crippen LogP contribution < -0.4 is 5.32 Å². The van der Waals surface area contributed by atoms with Crippen molar-refractivity contribution in [3.8, 4) is 12.3 Å².